The van der Waals surface area contributed by atoms with Crippen LogP contribution in [0.1, 0.15) is 23.0 Å². The first-order chi connectivity index (χ1) is 7.65. The van der Waals surface area contributed by atoms with E-state index in [2.05, 4.69) is 0 Å². The average Bonchev–Trinajstić information content (AvgIpc) is 2.59. The molecule has 4 nitrogen and oxygen atoms in total. The number of rotatable bonds is 2. The van der Waals surface area contributed by atoms with Gasteiger partial charge in [-0.2, -0.15) is 0 Å². The summed E-state index contributed by atoms with van der Waals surface area (Å²) in [6.07, 6.45) is 0. The molecule has 0 atom stereocenters. The second kappa shape index (κ2) is 3.89. The number of esters is 1. The van der Waals surface area contributed by atoms with E-state index in [4.69, 9.17) is 14.9 Å². The Labute approximate surface area is 93.0 Å². The smallest absolute Gasteiger partial charge is 0.376 e. The third-order valence-electron chi connectivity index (χ3n) is 2.41. The lowest BCUT2D eigenvalue weighted by atomic mass is 10.1. The molecule has 0 unspecified atom stereocenters. The van der Waals surface area contributed by atoms with Gasteiger partial charge in [-0.3, -0.25) is 0 Å². The van der Waals surface area contributed by atoms with Gasteiger partial charge in [-0.1, -0.05) is 12.1 Å². The highest BCUT2D eigenvalue weighted by Gasteiger charge is 2.20. The van der Waals surface area contributed by atoms with Gasteiger partial charge in [0.2, 0.25) is 5.76 Å². The summed E-state index contributed by atoms with van der Waals surface area (Å²) in [5.74, 6) is -0.429. The summed E-state index contributed by atoms with van der Waals surface area (Å²) in [4.78, 5) is 11.6. The molecule has 0 bridgehead atoms. The molecule has 0 radical (unpaired) electrons. The first-order valence-electron chi connectivity index (χ1n) is 5.09. The van der Waals surface area contributed by atoms with Gasteiger partial charge in [0.1, 0.15) is 5.58 Å². The van der Waals surface area contributed by atoms with Crippen molar-refractivity contribution in [3.8, 4) is 0 Å². The van der Waals surface area contributed by atoms with E-state index in [-0.39, 0.29) is 5.76 Å². The van der Waals surface area contributed by atoms with Crippen molar-refractivity contribution < 1.29 is 13.9 Å². The van der Waals surface area contributed by atoms with Crippen LogP contribution in [-0.4, -0.2) is 12.6 Å². The van der Waals surface area contributed by atoms with E-state index in [1.807, 2.05) is 25.1 Å². The Bertz CT molecular complexity index is 542. The summed E-state index contributed by atoms with van der Waals surface area (Å²) >= 11 is 0. The van der Waals surface area contributed by atoms with Gasteiger partial charge in [-0.15, -0.1) is 0 Å². The molecule has 0 fully saturated rings. The number of fused-ring (bicyclic) bond motifs is 1. The lowest BCUT2D eigenvalue weighted by Gasteiger charge is -1.97. The van der Waals surface area contributed by atoms with E-state index in [0.717, 1.165) is 10.9 Å². The second-order valence-electron chi connectivity index (χ2n) is 3.52. The van der Waals surface area contributed by atoms with Gasteiger partial charge in [-0.05, 0) is 25.5 Å². The fourth-order valence-corrected chi connectivity index (χ4v) is 1.63. The minimum atomic E-state index is -0.518. The molecule has 0 aliphatic heterocycles. The molecule has 1 heterocycles. The summed E-state index contributed by atoms with van der Waals surface area (Å²) in [5.41, 5.74) is 7.77. The van der Waals surface area contributed by atoms with Gasteiger partial charge >= 0.3 is 5.97 Å². The Hall–Kier alpha value is -1.97. The Kier molecular flexibility index (Phi) is 2.56. The van der Waals surface area contributed by atoms with Crippen LogP contribution in [-0.2, 0) is 4.74 Å². The van der Waals surface area contributed by atoms with Crippen molar-refractivity contribution >= 4 is 22.6 Å². The molecule has 2 aromatic rings. The van der Waals surface area contributed by atoms with E-state index < -0.39 is 5.97 Å². The summed E-state index contributed by atoms with van der Waals surface area (Å²) in [5, 5.41) is 0.753. The molecular formula is C12H13NO3. The standard InChI is InChI=1S/C12H13NO3/c1-3-15-12(14)11-9(13)8-6-4-5-7(2)10(8)16-11/h4-6H,3,13H2,1-2H3. The van der Waals surface area contributed by atoms with Gasteiger partial charge in [0.05, 0.1) is 12.3 Å². The predicted molar refractivity (Wildman–Crippen MR) is 61.3 cm³/mol. The number of benzene rings is 1. The highest BCUT2D eigenvalue weighted by atomic mass is 16.5. The van der Waals surface area contributed by atoms with Crippen molar-refractivity contribution in [2.75, 3.05) is 12.3 Å². The maximum absolute atomic E-state index is 11.6. The van der Waals surface area contributed by atoms with Gasteiger partial charge < -0.3 is 14.9 Å². The molecule has 0 aliphatic rings. The van der Waals surface area contributed by atoms with Crippen LogP contribution in [0.15, 0.2) is 22.6 Å². The zero-order valence-corrected chi connectivity index (χ0v) is 9.24. The maximum atomic E-state index is 11.6. The van der Waals surface area contributed by atoms with E-state index in [9.17, 15) is 4.79 Å². The highest BCUT2D eigenvalue weighted by molar-refractivity contribution is 6.03. The lowest BCUT2D eigenvalue weighted by Crippen LogP contribution is -2.05. The number of furan rings is 1. The first kappa shape index (κ1) is 10.5. The Morgan fingerprint density at radius 3 is 2.88 bits per heavy atom. The molecule has 2 rings (SSSR count). The third kappa shape index (κ3) is 1.52. The summed E-state index contributed by atoms with van der Waals surface area (Å²) in [6.45, 7) is 3.94. The van der Waals surface area contributed by atoms with Crippen LogP contribution in [0.2, 0.25) is 0 Å². The number of hydrogen-bond donors (Lipinski definition) is 1. The van der Waals surface area contributed by atoms with Crippen molar-refractivity contribution in [2.24, 2.45) is 0 Å². The summed E-state index contributed by atoms with van der Waals surface area (Å²) < 4.78 is 10.3. The maximum Gasteiger partial charge on any atom is 0.376 e. The Balaban J connectivity index is 2.60. The molecule has 1 aromatic heterocycles. The molecule has 0 spiro atoms. The van der Waals surface area contributed by atoms with Crippen LogP contribution in [0.25, 0.3) is 11.0 Å². The quantitative estimate of drug-likeness (QED) is 0.788. The van der Waals surface area contributed by atoms with E-state index in [0.29, 0.717) is 17.9 Å². The molecule has 84 valence electrons. The summed E-state index contributed by atoms with van der Waals surface area (Å²) in [6, 6.07) is 5.60. The number of hydrogen-bond acceptors (Lipinski definition) is 4. The fraction of sp³-hybridized carbons (Fsp3) is 0.250. The Morgan fingerprint density at radius 2 is 2.25 bits per heavy atom. The topological polar surface area (TPSA) is 65.5 Å². The van der Waals surface area contributed by atoms with Gasteiger partial charge in [0.25, 0.3) is 0 Å². The Morgan fingerprint density at radius 1 is 1.50 bits per heavy atom. The van der Waals surface area contributed by atoms with Crippen LogP contribution in [0.3, 0.4) is 0 Å². The van der Waals surface area contributed by atoms with Crippen molar-refractivity contribution in [2.45, 2.75) is 13.8 Å². The van der Waals surface area contributed by atoms with E-state index >= 15 is 0 Å². The number of para-hydroxylation sites is 1. The van der Waals surface area contributed by atoms with Gasteiger partial charge in [-0.25, -0.2) is 4.79 Å². The molecule has 0 saturated heterocycles. The van der Waals surface area contributed by atoms with Crippen LogP contribution < -0.4 is 5.73 Å². The number of nitrogen functional groups attached to an aromatic ring is 1. The molecule has 0 amide bonds. The predicted octanol–water partition coefficient (Wildman–Crippen LogP) is 2.50. The number of nitrogens with two attached hydrogens (primary N) is 1. The summed E-state index contributed by atoms with van der Waals surface area (Å²) in [7, 11) is 0. The largest absolute Gasteiger partial charge is 0.460 e. The van der Waals surface area contributed by atoms with E-state index in [1.165, 1.54) is 0 Å². The molecule has 0 aliphatic carbocycles. The number of ether oxygens (including phenoxy) is 1. The minimum Gasteiger partial charge on any atom is -0.460 e. The van der Waals surface area contributed by atoms with Crippen molar-refractivity contribution in [3.05, 3.63) is 29.5 Å². The van der Waals surface area contributed by atoms with Crippen molar-refractivity contribution in [1.29, 1.82) is 0 Å². The molecule has 2 N–H and O–H groups in total. The minimum absolute atomic E-state index is 0.0890. The van der Waals surface area contributed by atoms with Gasteiger partial charge in [0, 0.05) is 5.39 Å². The van der Waals surface area contributed by atoms with Crippen LogP contribution >= 0.6 is 0 Å². The van der Waals surface area contributed by atoms with E-state index in [1.54, 1.807) is 6.92 Å². The molecular weight excluding hydrogens is 206 g/mol. The monoisotopic (exact) mass is 219 g/mol. The van der Waals surface area contributed by atoms with Crippen LogP contribution in [0.5, 0.6) is 0 Å². The third-order valence-corrected chi connectivity index (χ3v) is 2.41. The normalized spacial score (nSPS) is 10.6. The number of carbonyl (C=O) groups excluding carboxylic acids is 1. The van der Waals surface area contributed by atoms with Crippen molar-refractivity contribution in [3.63, 3.8) is 0 Å². The number of anilines is 1. The van der Waals surface area contributed by atoms with Crippen LogP contribution in [0.4, 0.5) is 5.69 Å². The van der Waals surface area contributed by atoms with Gasteiger partial charge in [0.15, 0.2) is 0 Å². The number of carbonyl (C=O) groups is 1. The molecule has 1 aromatic carbocycles. The highest BCUT2D eigenvalue weighted by Crippen LogP contribution is 2.30. The average molecular weight is 219 g/mol. The fourth-order valence-electron chi connectivity index (χ4n) is 1.63. The second-order valence-corrected chi connectivity index (χ2v) is 3.52. The SMILES string of the molecule is CCOC(=O)c1oc2c(C)cccc2c1N. The molecule has 0 saturated carbocycles. The van der Waals surface area contributed by atoms with Crippen molar-refractivity contribution in [1.82, 2.24) is 0 Å². The molecule has 4 heteroatoms. The zero-order valence-electron chi connectivity index (χ0n) is 9.24. The number of aryl methyl sites for hydroxylation is 1. The first-order valence-corrected chi connectivity index (χ1v) is 5.09. The zero-order chi connectivity index (χ0) is 11.7. The molecule has 16 heavy (non-hydrogen) atoms. The van der Waals surface area contributed by atoms with Crippen LogP contribution in [0, 0.1) is 6.92 Å². The lowest BCUT2D eigenvalue weighted by molar-refractivity contribution is 0.0494.